The molecule has 0 bridgehead atoms. The van der Waals surface area contributed by atoms with Crippen LogP contribution in [0.4, 0.5) is 0 Å². The number of aryl methyl sites for hydroxylation is 2. The molecule has 3 rings (SSSR count). The van der Waals surface area contributed by atoms with Crippen molar-refractivity contribution < 1.29 is 4.52 Å². The van der Waals surface area contributed by atoms with E-state index >= 15 is 0 Å². The minimum Gasteiger partial charge on any atom is -0.356 e. The number of guanidine groups is 1. The molecule has 1 aromatic heterocycles. The fourth-order valence-corrected chi connectivity index (χ4v) is 3.75. The van der Waals surface area contributed by atoms with Gasteiger partial charge in [-0.05, 0) is 37.2 Å². The maximum Gasteiger partial charge on any atom is 0.226 e. The monoisotopic (exact) mass is 483 g/mol. The Morgan fingerprint density at radius 1 is 1.33 bits per heavy atom. The van der Waals surface area contributed by atoms with Crippen molar-refractivity contribution in [2.75, 3.05) is 26.7 Å². The Labute approximate surface area is 178 Å². The van der Waals surface area contributed by atoms with Crippen LogP contribution >= 0.6 is 24.0 Å². The summed E-state index contributed by atoms with van der Waals surface area (Å²) in [5.41, 5.74) is 1.46. The zero-order valence-electron chi connectivity index (χ0n) is 16.4. The number of rotatable bonds is 5. The molecule has 1 saturated heterocycles. The number of hydrogen-bond acceptors (Lipinski definition) is 4. The maximum absolute atomic E-state index is 5.15. The molecular weight excluding hydrogens is 453 g/mol. The number of nitrogens with zero attached hydrogens (tertiary/aromatic N) is 4. The van der Waals surface area contributed by atoms with Crippen molar-refractivity contribution in [3.63, 3.8) is 0 Å². The lowest BCUT2D eigenvalue weighted by Crippen LogP contribution is -2.48. The van der Waals surface area contributed by atoms with E-state index in [0.717, 1.165) is 44.9 Å². The van der Waals surface area contributed by atoms with Crippen LogP contribution in [-0.4, -0.2) is 47.7 Å². The van der Waals surface area contributed by atoms with Gasteiger partial charge in [0.25, 0.3) is 0 Å². The highest BCUT2D eigenvalue weighted by Gasteiger charge is 2.28. The van der Waals surface area contributed by atoms with Crippen molar-refractivity contribution in [2.45, 2.75) is 39.0 Å². The van der Waals surface area contributed by atoms with Gasteiger partial charge < -0.3 is 14.7 Å². The van der Waals surface area contributed by atoms with Gasteiger partial charge in [-0.2, -0.15) is 4.98 Å². The Morgan fingerprint density at radius 3 is 2.74 bits per heavy atom. The van der Waals surface area contributed by atoms with Gasteiger partial charge in [0.15, 0.2) is 11.8 Å². The first-order valence-electron chi connectivity index (χ1n) is 9.47. The summed E-state index contributed by atoms with van der Waals surface area (Å²) in [6, 6.07) is 10.9. The molecule has 2 atom stereocenters. The zero-order valence-corrected chi connectivity index (χ0v) is 18.7. The van der Waals surface area contributed by atoms with Crippen molar-refractivity contribution in [1.82, 2.24) is 20.4 Å². The normalized spacial score (nSPS) is 20.3. The molecule has 0 saturated carbocycles. The minimum atomic E-state index is 0. The van der Waals surface area contributed by atoms with Crippen LogP contribution in [0.15, 0.2) is 39.8 Å². The van der Waals surface area contributed by atoms with Crippen LogP contribution in [0.2, 0.25) is 0 Å². The van der Waals surface area contributed by atoms with E-state index in [1.54, 1.807) is 0 Å². The van der Waals surface area contributed by atoms with Gasteiger partial charge in [0, 0.05) is 33.1 Å². The number of aliphatic imine (C=N–C) groups is 1. The van der Waals surface area contributed by atoms with Crippen molar-refractivity contribution in [2.24, 2.45) is 10.9 Å². The SMILES string of the molecule is CN=C(NCCCc1nc(C)no1)N1CCC(c2ccccc2)C(C)C1.I. The Bertz CT molecular complexity index is 718. The van der Waals surface area contributed by atoms with E-state index < -0.39 is 0 Å². The van der Waals surface area contributed by atoms with Crippen LogP contribution < -0.4 is 5.32 Å². The van der Waals surface area contributed by atoms with Crippen LogP contribution in [0, 0.1) is 12.8 Å². The Kier molecular flexibility index (Phi) is 8.53. The largest absolute Gasteiger partial charge is 0.356 e. The lowest BCUT2D eigenvalue weighted by molar-refractivity contribution is 0.234. The molecule has 1 fully saturated rings. The van der Waals surface area contributed by atoms with Crippen molar-refractivity contribution in [1.29, 1.82) is 0 Å². The highest BCUT2D eigenvalue weighted by Crippen LogP contribution is 2.32. The van der Waals surface area contributed by atoms with Crippen LogP contribution in [0.5, 0.6) is 0 Å². The molecular formula is C20H30IN5O. The van der Waals surface area contributed by atoms with E-state index in [4.69, 9.17) is 4.52 Å². The molecule has 0 radical (unpaired) electrons. The first-order valence-corrected chi connectivity index (χ1v) is 9.47. The van der Waals surface area contributed by atoms with E-state index in [2.05, 4.69) is 62.6 Å². The number of halogens is 1. The van der Waals surface area contributed by atoms with Crippen molar-refractivity contribution >= 4 is 29.9 Å². The fourth-order valence-electron chi connectivity index (χ4n) is 3.75. The van der Waals surface area contributed by atoms with Crippen LogP contribution in [-0.2, 0) is 6.42 Å². The van der Waals surface area contributed by atoms with Gasteiger partial charge in [0.1, 0.15) is 0 Å². The lowest BCUT2D eigenvalue weighted by atomic mass is 9.82. The Hall–Kier alpha value is -1.64. The number of hydrogen-bond donors (Lipinski definition) is 1. The molecule has 0 spiro atoms. The van der Waals surface area contributed by atoms with Gasteiger partial charge in [-0.1, -0.05) is 42.4 Å². The van der Waals surface area contributed by atoms with Gasteiger partial charge in [-0.3, -0.25) is 4.99 Å². The van der Waals surface area contributed by atoms with E-state index in [-0.39, 0.29) is 24.0 Å². The molecule has 1 aromatic carbocycles. The highest BCUT2D eigenvalue weighted by molar-refractivity contribution is 14.0. The second kappa shape index (κ2) is 10.6. The fraction of sp³-hybridized carbons (Fsp3) is 0.550. The third kappa shape index (κ3) is 5.92. The molecule has 2 unspecified atom stereocenters. The van der Waals surface area contributed by atoms with Gasteiger partial charge in [-0.25, -0.2) is 0 Å². The lowest BCUT2D eigenvalue weighted by Gasteiger charge is -2.39. The third-order valence-corrected chi connectivity index (χ3v) is 5.06. The summed E-state index contributed by atoms with van der Waals surface area (Å²) in [7, 11) is 1.86. The summed E-state index contributed by atoms with van der Waals surface area (Å²) in [4.78, 5) is 11.1. The quantitative estimate of drug-likeness (QED) is 0.305. The van der Waals surface area contributed by atoms with Crippen LogP contribution in [0.3, 0.4) is 0 Å². The summed E-state index contributed by atoms with van der Waals surface area (Å²) in [5.74, 6) is 3.62. The molecule has 0 amide bonds. The highest BCUT2D eigenvalue weighted by atomic mass is 127. The summed E-state index contributed by atoms with van der Waals surface area (Å²) in [6.45, 7) is 7.10. The number of nitrogens with one attached hydrogen (secondary N) is 1. The molecule has 1 aliphatic heterocycles. The van der Waals surface area contributed by atoms with E-state index in [1.807, 2.05) is 14.0 Å². The second-order valence-electron chi connectivity index (χ2n) is 7.04. The van der Waals surface area contributed by atoms with Gasteiger partial charge in [-0.15, -0.1) is 24.0 Å². The number of benzene rings is 1. The van der Waals surface area contributed by atoms with Crippen molar-refractivity contribution in [3.05, 3.63) is 47.6 Å². The summed E-state index contributed by atoms with van der Waals surface area (Å²) >= 11 is 0. The predicted octanol–water partition coefficient (Wildman–Crippen LogP) is 3.63. The maximum atomic E-state index is 5.15. The summed E-state index contributed by atoms with van der Waals surface area (Å²) < 4.78 is 5.15. The molecule has 27 heavy (non-hydrogen) atoms. The van der Waals surface area contributed by atoms with E-state index in [9.17, 15) is 0 Å². The molecule has 6 nitrogen and oxygen atoms in total. The number of piperidine rings is 1. The summed E-state index contributed by atoms with van der Waals surface area (Å²) in [6.07, 6.45) is 2.89. The Balaban J connectivity index is 0.00000261. The standard InChI is InChI=1S/C20H29N5O.HI/c1-15-14-25(13-11-18(15)17-8-5-4-6-9-17)20(21-3)22-12-7-10-19-23-16(2)24-26-19;/h4-6,8-9,15,18H,7,10-14H2,1-3H3,(H,21,22);1H. The molecule has 148 valence electrons. The first kappa shape index (κ1) is 21.7. The van der Waals surface area contributed by atoms with Gasteiger partial charge >= 0.3 is 0 Å². The summed E-state index contributed by atoms with van der Waals surface area (Å²) in [5, 5.41) is 7.30. The zero-order chi connectivity index (χ0) is 18.4. The van der Waals surface area contributed by atoms with E-state index in [1.165, 1.54) is 5.56 Å². The van der Waals surface area contributed by atoms with Crippen molar-refractivity contribution in [3.8, 4) is 0 Å². The number of likely N-dealkylation sites (tertiary alicyclic amines) is 1. The molecule has 1 aliphatic rings. The molecule has 0 aliphatic carbocycles. The third-order valence-electron chi connectivity index (χ3n) is 5.06. The Morgan fingerprint density at radius 2 is 2.11 bits per heavy atom. The second-order valence-corrected chi connectivity index (χ2v) is 7.04. The topological polar surface area (TPSA) is 66.5 Å². The smallest absolute Gasteiger partial charge is 0.226 e. The van der Waals surface area contributed by atoms with Crippen LogP contribution in [0.25, 0.3) is 0 Å². The van der Waals surface area contributed by atoms with E-state index in [0.29, 0.717) is 23.6 Å². The molecule has 2 heterocycles. The number of aromatic nitrogens is 2. The molecule has 2 aromatic rings. The van der Waals surface area contributed by atoms with Gasteiger partial charge in [0.2, 0.25) is 5.89 Å². The average Bonchev–Trinajstić information content (AvgIpc) is 3.07. The van der Waals surface area contributed by atoms with Crippen LogP contribution in [0.1, 0.15) is 43.0 Å². The minimum absolute atomic E-state index is 0. The first-order chi connectivity index (χ1) is 12.7. The average molecular weight is 483 g/mol. The van der Waals surface area contributed by atoms with Gasteiger partial charge in [0.05, 0.1) is 0 Å². The predicted molar refractivity (Wildman–Crippen MR) is 119 cm³/mol. The molecule has 7 heteroatoms. The molecule has 1 N–H and O–H groups in total.